The van der Waals surface area contributed by atoms with Gasteiger partial charge in [-0.15, -0.1) is 23.9 Å². The summed E-state index contributed by atoms with van der Waals surface area (Å²) in [4.78, 5) is 0. The molecule has 1 nitrogen and oxygen atoms in total. The minimum atomic E-state index is 0.314. The summed E-state index contributed by atoms with van der Waals surface area (Å²) in [6.45, 7) is 0.629. The van der Waals surface area contributed by atoms with Crippen molar-refractivity contribution >= 4 is 11.6 Å². The normalized spacial score (nSPS) is 31.6. The van der Waals surface area contributed by atoms with Crippen LogP contribution in [0.25, 0.3) is 0 Å². The fourth-order valence-corrected chi connectivity index (χ4v) is 0.816. The Labute approximate surface area is 60.3 Å². The molecule has 0 spiro atoms. The van der Waals surface area contributed by atoms with Gasteiger partial charge in [-0.2, -0.15) is 0 Å². The molecule has 50 valence electrons. The van der Waals surface area contributed by atoms with Gasteiger partial charge in [0.1, 0.15) is 0 Å². The van der Waals surface area contributed by atoms with Crippen molar-refractivity contribution in [3.8, 4) is 12.3 Å². The van der Waals surface area contributed by atoms with E-state index in [1.165, 1.54) is 0 Å². The highest BCUT2D eigenvalue weighted by molar-refractivity contribution is 6.17. The zero-order valence-corrected chi connectivity index (χ0v) is 5.90. The van der Waals surface area contributed by atoms with Crippen molar-refractivity contribution in [1.29, 1.82) is 0 Å². The van der Waals surface area contributed by atoms with Crippen LogP contribution in [0.3, 0.4) is 0 Å². The molecule has 0 saturated heterocycles. The van der Waals surface area contributed by atoms with Crippen LogP contribution in [0.5, 0.6) is 0 Å². The molecule has 2 atom stereocenters. The van der Waals surface area contributed by atoms with Gasteiger partial charge in [-0.3, -0.25) is 0 Å². The second kappa shape index (κ2) is 3.10. The van der Waals surface area contributed by atoms with Gasteiger partial charge in [0.25, 0.3) is 0 Å². The van der Waals surface area contributed by atoms with Gasteiger partial charge in [-0.05, 0) is 6.42 Å². The van der Waals surface area contributed by atoms with Crippen molar-refractivity contribution in [3.63, 3.8) is 0 Å². The number of terminal acetylenes is 1. The number of rotatable bonds is 3. The smallest absolute Gasteiger partial charge is 0.0726 e. The third kappa shape index (κ3) is 1.89. The Hall–Kier alpha value is -0.190. The maximum Gasteiger partial charge on any atom is 0.0726 e. The lowest BCUT2D eigenvalue weighted by atomic mass is 10.4. The maximum atomic E-state index is 5.39. The summed E-state index contributed by atoms with van der Waals surface area (Å²) in [6.07, 6.45) is 6.47. The molecule has 1 saturated carbocycles. The van der Waals surface area contributed by atoms with Gasteiger partial charge in [0, 0.05) is 11.8 Å². The van der Waals surface area contributed by atoms with Crippen molar-refractivity contribution < 1.29 is 4.74 Å². The first-order valence-corrected chi connectivity index (χ1v) is 3.55. The van der Waals surface area contributed by atoms with Crippen LogP contribution in [0, 0.1) is 18.3 Å². The molecular formula is C7H9ClO. The van der Waals surface area contributed by atoms with Gasteiger partial charge in [0.05, 0.1) is 12.7 Å². The molecule has 1 aliphatic rings. The molecule has 0 aliphatic heterocycles. The van der Waals surface area contributed by atoms with E-state index in [2.05, 4.69) is 5.92 Å². The fourth-order valence-electron chi connectivity index (χ4n) is 0.727. The topological polar surface area (TPSA) is 9.23 Å². The summed E-state index contributed by atoms with van der Waals surface area (Å²) in [7, 11) is 0. The van der Waals surface area contributed by atoms with Crippen molar-refractivity contribution in [3.05, 3.63) is 0 Å². The number of halogens is 1. The van der Waals surface area contributed by atoms with E-state index >= 15 is 0 Å². The Morgan fingerprint density at radius 1 is 1.78 bits per heavy atom. The second-order valence-electron chi connectivity index (χ2n) is 2.11. The van der Waals surface area contributed by atoms with Gasteiger partial charge in [0.15, 0.2) is 0 Å². The van der Waals surface area contributed by atoms with Crippen molar-refractivity contribution in [2.24, 2.45) is 5.92 Å². The third-order valence-electron chi connectivity index (χ3n) is 1.36. The first kappa shape index (κ1) is 6.92. The van der Waals surface area contributed by atoms with Crippen molar-refractivity contribution in [2.75, 3.05) is 12.5 Å². The standard InChI is InChI=1S/C7H9ClO/c1-2-6-5-7(6)9-4-3-8/h1,6-7H,3-5H2/t6-,7+/m0/s1. The molecule has 0 aromatic rings. The Balaban J connectivity index is 2.00. The number of alkyl halides is 1. The molecule has 0 radical (unpaired) electrons. The minimum absolute atomic E-state index is 0.314. The number of hydrogen-bond acceptors (Lipinski definition) is 1. The van der Waals surface area contributed by atoms with Crippen LogP contribution in [0.1, 0.15) is 6.42 Å². The molecule has 0 amide bonds. The molecule has 1 aliphatic carbocycles. The fraction of sp³-hybridized carbons (Fsp3) is 0.714. The predicted octanol–water partition coefficient (Wildman–Crippen LogP) is 1.26. The van der Waals surface area contributed by atoms with E-state index in [-0.39, 0.29) is 0 Å². The SMILES string of the molecule is C#C[C@H]1C[C@H]1OCCCl. The van der Waals surface area contributed by atoms with Gasteiger partial charge in [0.2, 0.25) is 0 Å². The van der Waals surface area contributed by atoms with Gasteiger partial charge >= 0.3 is 0 Å². The summed E-state index contributed by atoms with van der Waals surface area (Å²) in [6, 6.07) is 0. The first-order valence-electron chi connectivity index (χ1n) is 3.02. The highest BCUT2D eigenvalue weighted by Gasteiger charge is 2.36. The summed E-state index contributed by atoms with van der Waals surface area (Å²) < 4.78 is 5.23. The van der Waals surface area contributed by atoms with Crippen LogP contribution < -0.4 is 0 Å². The molecule has 0 heterocycles. The number of ether oxygens (including phenoxy) is 1. The summed E-state index contributed by atoms with van der Waals surface area (Å²) in [5, 5.41) is 0. The van der Waals surface area contributed by atoms with Crippen LogP contribution in [0.4, 0.5) is 0 Å². The molecule has 0 N–H and O–H groups in total. The van der Waals surface area contributed by atoms with E-state index < -0.39 is 0 Å². The quantitative estimate of drug-likeness (QED) is 0.428. The highest BCUT2D eigenvalue weighted by Crippen LogP contribution is 2.32. The zero-order chi connectivity index (χ0) is 6.69. The molecule has 0 unspecified atom stereocenters. The minimum Gasteiger partial charge on any atom is -0.376 e. The lowest BCUT2D eigenvalue weighted by molar-refractivity contribution is 0.128. The van der Waals surface area contributed by atoms with E-state index in [9.17, 15) is 0 Å². The molecule has 1 rings (SSSR count). The van der Waals surface area contributed by atoms with Crippen LogP contribution in [-0.4, -0.2) is 18.6 Å². The Morgan fingerprint density at radius 3 is 3.00 bits per heavy atom. The summed E-state index contributed by atoms with van der Waals surface area (Å²) in [5.41, 5.74) is 0. The lowest BCUT2D eigenvalue weighted by Crippen LogP contribution is -1.98. The zero-order valence-electron chi connectivity index (χ0n) is 5.14. The summed E-state index contributed by atoms with van der Waals surface area (Å²) >= 11 is 5.39. The number of hydrogen-bond donors (Lipinski definition) is 0. The average Bonchev–Trinajstić information content (AvgIpc) is 2.62. The molecule has 2 heteroatoms. The third-order valence-corrected chi connectivity index (χ3v) is 1.51. The van der Waals surface area contributed by atoms with Crippen LogP contribution >= 0.6 is 11.6 Å². The Bertz CT molecular complexity index is 127. The second-order valence-corrected chi connectivity index (χ2v) is 2.49. The molecule has 0 bridgehead atoms. The lowest BCUT2D eigenvalue weighted by Gasteiger charge is -1.95. The Morgan fingerprint density at radius 2 is 2.56 bits per heavy atom. The summed E-state index contributed by atoms with van der Waals surface area (Å²) in [5.74, 6) is 3.56. The molecule has 0 aromatic carbocycles. The van der Waals surface area contributed by atoms with Crippen LogP contribution in [0.15, 0.2) is 0 Å². The monoisotopic (exact) mass is 144 g/mol. The van der Waals surface area contributed by atoms with Crippen molar-refractivity contribution in [1.82, 2.24) is 0 Å². The van der Waals surface area contributed by atoms with E-state index in [1.54, 1.807) is 0 Å². The maximum absolute atomic E-state index is 5.39. The molecular weight excluding hydrogens is 136 g/mol. The molecule has 9 heavy (non-hydrogen) atoms. The van der Waals surface area contributed by atoms with Crippen LogP contribution in [-0.2, 0) is 4.74 Å². The van der Waals surface area contributed by atoms with Crippen LogP contribution in [0.2, 0.25) is 0 Å². The van der Waals surface area contributed by atoms with Crippen molar-refractivity contribution in [2.45, 2.75) is 12.5 Å². The Kier molecular flexibility index (Phi) is 2.38. The highest BCUT2D eigenvalue weighted by atomic mass is 35.5. The van der Waals surface area contributed by atoms with E-state index in [1.807, 2.05) is 0 Å². The predicted molar refractivity (Wildman–Crippen MR) is 37.4 cm³/mol. The molecule has 1 fully saturated rings. The van der Waals surface area contributed by atoms with E-state index in [0.717, 1.165) is 6.42 Å². The van der Waals surface area contributed by atoms with Gasteiger partial charge in [-0.25, -0.2) is 0 Å². The largest absolute Gasteiger partial charge is 0.376 e. The van der Waals surface area contributed by atoms with E-state index in [4.69, 9.17) is 22.8 Å². The van der Waals surface area contributed by atoms with Gasteiger partial charge in [-0.1, -0.05) is 0 Å². The average molecular weight is 145 g/mol. The van der Waals surface area contributed by atoms with Gasteiger partial charge < -0.3 is 4.74 Å². The van der Waals surface area contributed by atoms with E-state index in [0.29, 0.717) is 24.5 Å². The molecule has 0 aromatic heterocycles. The first-order chi connectivity index (χ1) is 4.38.